The molecule has 2 aliphatic heterocycles. The highest BCUT2D eigenvalue weighted by Crippen LogP contribution is 2.39. The molecule has 0 spiro atoms. The van der Waals surface area contributed by atoms with E-state index in [0.717, 1.165) is 25.7 Å². The first-order valence-electron chi connectivity index (χ1n) is 13.6. The summed E-state index contributed by atoms with van der Waals surface area (Å²) in [6.45, 7) is 6.11. The van der Waals surface area contributed by atoms with Crippen molar-refractivity contribution in [2.75, 3.05) is 45.7 Å². The molecule has 0 aliphatic carbocycles. The largest absolute Gasteiger partial charge is 0.493 e. The first kappa shape index (κ1) is 26.7. The van der Waals surface area contributed by atoms with E-state index in [4.69, 9.17) is 9.84 Å². The van der Waals surface area contributed by atoms with Crippen LogP contribution in [0, 0.1) is 5.82 Å². The number of amides is 2. The number of fused-ring (bicyclic) bond motifs is 7. The van der Waals surface area contributed by atoms with Crippen LogP contribution in [0.2, 0.25) is 0 Å². The van der Waals surface area contributed by atoms with Crippen molar-refractivity contribution >= 4 is 28.5 Å². The molecule has 0 saturated heterocycles. The number of hydrogen-bond donors (Lipinski definition) is 1. The molecular weight excluding hydrogens is 503 g/mol. The molecule has 2 aromatic heterocycles. The zero-order valence-corrected chi connectivity index (χ0v) is 22.9. The van der Waals surface area contributed by atoms with Crippen LogP contribution >= 0.6 is 0 Å². The third kappa shape index (κ3) is 4.63. The molecule has 5 rings (SSSR count). The van der Waals surface area contributed by atoms with Gasteiger partial charge in [0.15, 0.2) is 17.3 Å². The Bertz CT molecular complexity index is 1500. The zero-order chi connectivity index (χ0) is 27.8. The maximum atomic E-state index is 14.3. The Hall–Kier alpha value is -3.89. The topological polar surface area (TPSA) is 102 Å². The van der Waals surface area contributed by atoms with Crippen molar-refractivity contribution in [3.63, 3.8) is 0 Å². The number of nitrogens with one attached hydrogen (secondary N) is 1. The lowest BCUT2D eigenvalue weighted by molar-refractivity contribution is 0.0685. The number of ether oxygens (including phenoxy) is 1. The molecule has 2 aliphatic rings. The number of carbonyl (C=O) groups excluding carboxylic acids is 2. The van der Waals surface area contributed by atoms with E-state index in [0.29, 0.717) is 48.8 Å². The minimum atomic E-state index is -0.527. The van der Waals surface area contributed by atoms with Crippen LogP contribution in [0.25, 0.3) is 10.9 Å². The van der Waals surface area contributed by atoms with Gasteiger partial charge in [-0.3, -0.25) is 14.4 Å². The molecule has 39 heavy (non-hydrogen) atoms. The smallest absolute Gasteiger partial charge is 0.280 e. The van der Waals surface area contributed by atoms with Crippen LogP contribution in [-0.2, 0) is 6.54 Å². The van der Waals surface area contributed by atoms with Gasteiger partial charge in [0, 0.05) is 44.8 Å². The summed E-state index contributed by atoms with van der Waals surface area (Å²) in [6, 6.07) is 3.91. The average Bonchev–Trinajstić information content (AvgIpc) is 3.28. The molecule has 2 bridgehead atoms. The van der Waals surface area contributed by atoms with Crippen molar-refractivity contribution in [3.05, 3.63) is 51.2 Å². The molecule has 10 nitrogen and oxygen atoms in total. The predicted octanol–water partition coefficient (Wildman–Crippen LogP) is 3.49. The second-order valence-electron chi connectivity index (χ2n) is 10.3. The van der Waals surface area contributed by atoms with Crippen LogP contribution in [0.4, 0.5) is 10.2 Å². The Labute approximate surface area is 226 Å². The summed E-state index contributed by atoms with van der Waals surface area (Å²) in [5.41, 5.74) is 1.10. The summed E-state index contributed by atoms with van der Waals surface area (Å²) in [5.74, 6) is -0.334. The number of halogens is 1. The van der Waals surface area contributed by atoms with Crippen LogP contribution in [0.1, 0.15) is 72.0 Å². The van der Waals surface area contributed by atoms with Crippen LogP contribution < -0.4 is 15.6 Å². The van der Waals surface area contributed by atoms with Gasteiger partial charge < -0.3 is 24.4 Å². The van der Waals surface area contributed by atoms with E-state index in [1.54, 1.807) is 16.8 Å². The standard InChI is InChI=1S/C28H35FN6O4/c1-5-33-15-17(2)35-22-21(24(39-4)23(35)28(33)38)27(37)34-16-18-10-11-19(29)14-20(18)26(36)32(3)13-9-7-6-8-12-30-25(22)31-34/h10-11,14,17H,5-9,12-13,15-16H2,1-4H3,(H,30,31)/t17-/m0/s1. The summed E-state index contributed by atoms with van der Waals surface area (Å²) < 4.78 is 23.2. The summed E-state index contributed by atoms with van der Waals surface area (Å²) in [4.78, 5) is 44.1. The van der Waals surface area contributed by atoms with Gasteiger partial charge in [0.2, 0.25) is 0 Å². The lowest BCUT2D eigenvalue weighted by Crippen LogP contribution is -2.42. The Kier molecular flexibility index (Phi) is 7.33. The summed E-state index contributed by atoms with van der Waals surface area (Å²) in [5, 5.41) is 8.38. The van der Waals surface area contributed by atoms with E-state index in [1.807, 2.05) is 18.4 Å². The minimum absolute atomic E-state index is 0.0487. The number of hydrogen-bond acceptors (Lipinski definition) is 6. The lowest BCUT2D eigenvalue weighted by atomic mass is 10.1. The molecule has 3 aromatic rings. The molecule has 1 atom stereocenters. The molecule has 0 fully saturated rings. The number of methoxy groups -OCH3 is 1. The Morgan fingerprint density at radius 3 is 2.64 bits per heavy atom. The highest BCUT2D eigenvalue weighted by Gasteiger charge is 2.37. The predicted molar refractivity (Wildman–Crippen MR) is 146 cm³/mol. The molecule has 2 amide bonds. The van der Waals surface area contributed by atoms with Gasteiger partial charge in [0.05, 0.1) is 13.7 Å². The van der Waals surface area contributed by atoms with Crippen molar-refractivity contribution in [1.29, 1.82) is 0 Å². The van der Waals surface area contributed by atoms with E-state index in [1.165, 1.54) is 30.0 Å². The van der Waals surface area contributed by atoms with Crippen LogP contribution in [0.5, 0.6) is 5.75 Å². The number of anilines is 1. The second kappa shape index (κ2) is 10.7. The first-order chi connectivity index (χ1) is 18.8. The molecule has 0 radical (unpaired) electrons. The number of carbonyl (C=O) groups is 2. The summed E-state index contributed by atoms with van der Waals surface area (Å²) in [6.07, 6.45) is 3.58. The molecule has 0 saturated carbocycles. The maximum Gasteiger partial charge on any atom is 0.280 e. The SMILES string of the molecule is CCN1C[C@H](C)n2c(c(OC)c3c(=O)n4nc(c32)NCCCCCCN(C)C(=O)c2cc(F)ccc2C4)C1=O. The highest BCUT2D eigenvalue weighted by atomic mass is 19.1. The minimum Gasteiger partial charge on any atom is -0.493 e. The average molecular weight is 539 g/mol. The molecule has 208 valence electrons. The first-order valence-corrected chi connectivity index (χ1v) is 13.6. The maximum absolute atomic E-state index is 14.3. The van der Waals surface area contributed by atoms with E-state index >= 15 is 0 Å². The Morgan fingerprint density at radius 1 is 1.13 bits per heavy atom. The summed E-state index contributed by atoms with van der Waals surface area (Å²) in [7, 11) is 3.16. The second-order valence-corrected chi connectivity index (χ2v) is 10.3. The number of likely N-dealkylation sites (N-methyl/N-ethyl adjacent to an activating group) is 1. The van der Waals surface area contributed by atoms with Crippen molar-refractivity contribution in [2.45, 2.75) is 52.1 Å². The highest BCUT2D eigenvalue weighted by molar-refractivity contribution is 6.07. The summed E-state index contributed by atoms with van der Waals surface area (Å²) >= 11 is 0. The van der Waals surface area contributed by atoms with Gasteiger partial charge in [-0.05, 0) is 44.4 Å². The normalized spacial score (nSPS) is 18.7. The van der Waals surface area contributed by atoms with Crippen molar-refractivity contribution in [2.24, 2.45) is 0 Å². The number of nitrogens with zero attached hydrogens (tertiary/aromatic N) is 5. The van der Waals surface area contributed by atoms with Gasteiger partial charge in [-0.2, -0.15) is 0 Å². The molecular formula is C28H35FN6O4. The van der Waals surface area contributed by atoms with Gasteiger partial charge >= 0.3 is 0 Å². The van der Waals surface area contributed by atoms with Crippen molar-refractivity contribution in [3.8, 4) is 5.75 Å². The van der Waals surface area contributed by atoms with E-state index in [2.05, 4.69) is 5.32 Å². The fourth-order valence-electron chi connectivity index (χ4n) is 5.70. The Morgan fingerprint density at radius 2 is 1.90 bits per heavy atom. The molecule has 1 N–H and O–H groups in total. The van der Waals surface area contributed by atoms with E-state index in [9.17, 15) is 18.8 Å². The third-order valence-corrected chi connectivity index (χ3v) is 7.74. The molecule has 1 aromatic carbocycles. The molecule has 11 heteroatoms. The van der Waals surface area contributed by atoms with Gasteiger partial charge in [-0.1, -0.05) is 18.9 Å². The van der Waals surface area contributed by atoms with Crippen LogP contribution in [0.15, 0.2) is 23.0 Å². The number of aromatic nitrogens is 3. The van der Waals surface area contributed by atoms with Gasteiger partial charge in [0.1, 0.15) is 16.7 Å². The van der Waals surface area contributed by atoms with E-state index < -0.39 is 11.4 Å². The lowest BCUT2D eigenvalue weighted by Gasteiger charge is -2.32. The van der Waals surface area contributed by atoms with Crippen molar-refractivity contribution < 1.29 is 18.7 Å². The fourth-order valence-corrected chi connectivity index (χ4v) is 5.70. The van der Waals surface area contributed by atoms with Gasteiger partial charge in [0.25, 0.3) is 17.4 Å². The quantitative estimate of drug-likeness (QED) is 0.536. The van der Waals surface area contributed by atoms with Crippen LogP contribution in [0.3, 0.4) is 0 Å². The third-order valence-electron chi connectivity index (χ3n) is 7.74. The van der Waals surface area contributed by atoms with E-state index in [-0.39, 0.29) is 41.1 Å². The van der Waals surface area contributed by atoms with Crippen LogP contribution in [-0.4, -0.2) is 76.3 Å². The van der Waals surface area contributed by atoms with Crippen molar-refractivity contribution in [1.82, 2.24) is 24.1 Å². The Balaban J connectivity index is 1.76. The molecule has 0 unspecified atom stereocenters. The fraction of sp³-hybridized carbons (Fsp3) is 0.500. The van der Waals surface area contributed by atoms with Gasteiger partial charge in [-0.25, -0.2) is 9.07 Å². The zero-order valence-electron chi connectivity index (χ0n) is 22.9. The monoisotopic (exact) mass is 538 g/mol. The van der Waals surface area contributed by atoms with Gasteiger partial charge in [-0.15, -0.1) is 5.10 Å². The molecule has 4 heterocycles. The number of benzene rings is 1. The number of rotatable bonds is 2.